The second kappa shape index (κ2) is 5.81. The number of aromatic nitrogens is 1. The van der Waals surface area contributed by atoms with Gasteiger partial charge in [0.1, 0.15) is 5.69 Å². The Morgan fingerprint density at radius 1 is 1.53 bits per heavy atom. The SMILES string of the molecule is O=C(NCCOCCO)c1cc2sccc2[nH]1. The highest BCUT2D eigenvalue weighted by Gasteiger charge is 2.09. The third kappa shape index (κ3) is 3.06. The Balaban J connectivity index is 1.81. The monoisotopic (exact) mass is 254 g/mol. The minimum atomic E-state index is -0.138. The van der Waals surface area contributed by atoms with Crippen molar-refractivity contribution in [2.24, 2.45) is 0 Å². The van der Waals surface area contributed by atoms with E-state index >= 15 is 0 Å². The van der Waals surface area contributed by atoms with Gasteiger partial charge in [-0.3, -0.25) is 4.79 Å². The maximum Gasteiger partial charge on any atom is 0.267 e. The number of hydrogen-bond donors (Lipinski definition) is 3. The molecule has 0 atom stereocenters. The van der Waals surface area contributed by atoms with Crippen molar-refractivity contribution in [3.05, 3.63) is 23.2 Å². The number of thiophene rings is 1. The number of aromatic amines is 1. The molecule has 5 nitrogen and oxygen atoms in total. The molecule has 0 unspecified atom stereocenters. The van der Waals surface area contributed by atoms with Gasteiger partial charge in [0.05, 0.1) is 30.0 Å². The number of rotatable bonds is 6. The molecule has 0 aliphatic heterocycles. The molecule has 2 rings (SSSR count). The van der Waals surface area contributed by atoms with E-state index in [-0.39, 0.29) is 12.5 Å². The summed E-state index contributed by atoms with van der Waals surface area (Å²) in [5.74, 6) is -0.138. The molecule has 0 aliphatic carbocycles. The van der Waals surface area contributed by atoms with Gasteiger partial charge in [-0.25, -0.2) is 0 Å². The molecule has 3 N–H and O–H groups in total. The molecule has 0 fully saturated rings. The van der Waals surface area contributed by atoms with Gasteiger partial charge in [-0.05, 0) is 17.5 Å². The summed E-state index contributed by atoms with van der Waals surface area (Å²) in [5.41, 5.74) is 1.55. The Morgan fingerprint density at radius 3 is 3.18 bits per heavy atom. The van der Waals surface area contributed by atoms with E-state index in [9.17, 15) is 4.79 Å². The van der Waals surface area contributed by atoms with Gasteiger partial charge < -0.3 is 20.1 Å². The number of aliphatic hydroxyl groups is 1. The maximum absolute atomic E-state index is 11.7. The summed E-state index contributed by atoms with van der Waals surface area (Å²) in [6.07, 6.45) is 0. The fourth-order valence-corrected chi connectivity index (χ4v) is 2.25. The van der Waals surface area contributed by atoms with Crippen LogP contribution in [0.4, 0.5) is 0 Å². The van der Waals surface area contributed by atoms with Gasteiger partial charge in [-0.2, -0.15) is 0 Å². The molecule has 17 heavy (non-hydrogen) atoms. The van der Waals surface area contributed by atoms with Crippen LogP contribution in [0.3, 0.4) is 0 Å². The van der Waals surface area contributed by atoms with Crippen molar-refractivity contribution in [1.82, 2.24) is 10.3 Å². The lowest BCUT2D eigenvalue weighted by Gasteiger charge is -2.03. The van der Waals surface area contributed by atoms with E-state index in [1.54, 1.807) is 11.3 Å². The highest BCUT2D eigenvalue weighted by Crippen LogP contribution is 2.20. The van der Waals surface area contributed by atoms with Crippen molar-refractivity contribution >= 4 is 27.5 Å². The Labute approximate surface area is 102 Å². The largest absolute Gasteiger partial charge is 0.394 e. The fraction of sp³-hybridized carbons (Fsp3) is 0.364. The average Bonchev–Trinajstić information content (AvgIpc) is 2.88. The van der Waals surface area contributed by atoms with Crippen molar-refractivity contribution in [3.63, 3.8) is 0 Å². The van der Waals surface area contributed by atoms with Crippen LogP contribution in [-0.2, 0) is 4.74 Å². The number of hydrogen-bond acceptors (Lipinski definition) is 4. The van der Waals surface area contributed by atoms with E-state index in [0.29, 0.717) is 25.5 Å². The van der Waals surface area contributed by atoms with Crippen LogP contribution in [0.1, 0.15) is 10.5 Å². The van der Waals surface area contributed by atoms with Crippen LogP contribution in [0.15, 0.2) is 17.5 Å². The van der Waals surface area contributed by atoms with E-state index in [4.69, 9.17) is 9.84 Å². The van der Waals surface area contributed by atoms with Crippen molar-refractivity contribution in [2.75, 3.05) is 26.4 Å². The Kier molecular flexibility index (Phi) is 4.13. The molecular formula is C11H14N2O3S. The van der Waals surface area contributed by atoms with Crippen LogP contribution in [-0.4, -0.2) is 42.4 Å². The van der Waals surface area contributed by atoms with Gasteiger partial charge in [-0.15, -0.1) is 11.3 Å². The zero-order valence-electron chi connectivity index (χ0n) is 9.23. The quantitative estimate of drug-likeness (QED) is 0.672. The highest BCUT2D eigenvalue weighted by molar-refractivity contribution is 7.17. The van der Waals surface area contributed by atoms with Gasteiger partial charge >= 0.3 is 0 Å². The molecular weight excluding hydrogens is 240 g/mol. The highest BCUT2D eigenvalue weighted by atomic mass is 32.1. The van der Waals surface area contributed by atoms with Gasteiger partial charge in [0, 0.05) is 6.54 Å². The van der Waals surface area contributed by atoms with Gasteiger partial charge in [0.25, 0.3) is 5.91 Å². The Hall–Kier alpha value is -1.37. The van der Waals surface area contributed by atoms with E-state index < -0.39 is 0 Å². The van der Waals surface area contributed by atoms with E-state index in [0.717, 1.165) is 10.2 Å². The molecule has 0 spiro atoms. The standard InChI is InChI=1S/C11H14N2O3S/c14-3-5-16-4-2-12-11(15)9-7-10-8(13-9)1-6-17-10/h1,6-7,13-14H,2-5H2,(H,12,15). The fourth-order valence-electron chi connectivity index (χ4n) is 1.47. The number of H-pyrrole nitrogens is 1. The third-order valence-electron chi connectivity index (χ3n) is 2.25. The topological polar surface area (TPSA) is 74.3 Å². The Morgan fingerprint density at radius 2 is 2.41 bits per heavy atom. The van der Waals surface area contributed by atoms with Crippen LogP contribution >= 0.6 is 11.3 Å². The Bertz CT molecular complexity index is 463. The lowest BCUT2D eigenvalue weighted by Crippen LogP contribution is -2.27. The summed E-state index contributed by atoms with van der Waals surface area (Å²) in [5, 5.41) is 13.2. The van der Waals surface area contributed by atoms with Crippen LogP contribution in [0.25, 0.3) is 10.2 Å². The summed E-state index contributed by atoms with van der Waals surface area (Å²) in [7, 11) is 0. The predicted molar refractivity (Wildman–Crippen MR) is 66.4 cm³/mol. The van der Waals surface area contributed by atoms with Crippen molar-refractivity contribution in [3.8, 4) is 0 Å². The first kappa shape index (κ1) is 12.1. The number of ether oxygens (including phenoxy) is 1. The first-order valence-electron chi connectivity index (χ1n) is 5.34. The molecule has 0 saturated heterocycles. The molecule has 92 valence electrons. The summed E-state index contributed by atoms with van der Waals surface area (Å²) in [6.45, 7) is 1.14. The molecule has 0 radical (unpaired) electrons. The normalized spacial score (nSPS) is 10.9. The molecule has 2 aromatic rings. The van der Waals surface area contributed by atoms with Crippen molar-refractivity contribution < 1.29 is 14.6 Å². The first-order chi connectivity index (χ1) is 8.31. The molecule has 0 bridgehead atoms. The summed E-state index contributed by atoms with van der Waals surface area (Å²) < 4.78 is 6.12. The summed E-state index contributed by atoms with van der Waals surface area (Å²) in [6, 6.07) is 3.78. The minimum Gasteiger partial charge on any atom is -0.394 e. The maximum atomic E-state index is 11.7. The van der Waals surface area contributed by atoms with Crippen LogP contribution in [0.2, 0.25) is 0 Å². The zero-order chi connectivity index (χ0) is 12.1. The van der Waals surface area contributed by atoms with Crippen LogP contribution in [0.5, 0.6) is 0 Å². The molecule has 6 heteroatoms. The van der Waals surface area contributed by atoms with Crippen molar-refractivity contribution in [2.45, 2.75) is 0 Å². The number of nitrogens with one attached hydrogen (secondary N) is 2. The molecule has 1 amide bonds. The minimum absolute atomic E-state index is 0.000846. The van der Waals surface area contributed by atoms with Crippen LogP contribution in [0, 0.1) is 0 Å². The van der Waals surface area contributed by atoms with E-state index in [2.05, 4.69) is 10.3 Å². The van der Waals surface area contributed by atoms with Crippen LogP contribution < -0.4 is 5.32 Å². The van der Waals surface area contributed by atoms with Gasteiger partial charge in [0.15, 0.2) is 0 Å². The molecule has 0 aliphatic rings. The number of carbonyl (C=O) groups excluding carboxylic acids is 1. The molecule has 0 saturated carbocycles. The smallest absolute Gasteiger partial charge is 0.267 e. The number of amides is 1. The molecule has 2 aromatic heterocycles. The number of fused-ring (bicyclic) bond motifs is 1. The predicted octanol–water partition coefficient (Wildman–Crippen LogP) is 0.968. The number of carbonyl (C=O) groups is 1. The second-order valence-electron chi connectivity index (χ2n) is 3.47. The third-order valence-corrected chi connectivity index (χ3v) is 3.12. The van der Waals surface area contributed by atoms with E-state index in [1.165, 1.54) is 0 Å². The average molecular weight is 254 g/mol. The lowest BCUT2D eigenvalue weighted by atomic mass is 10.4. The van der Waals surface area contributed by atoms with Gasteiger partial charge in [-0.1, -0.05) is 0 Å². The second-order valence-corrected chi connectivity index (χ2v) is 4.42. The summed E-state index contributed by atoms with van der Waals surface area (Å²) in [4.78, 5) is 14.7. The summed E-state index contributed by atoms with van der Waals surface area (Å²) >= 11 is 1.60. The molecule has 0 aromatic carbocycles. The van der Waals surface area contributed by atoms with Crippen molar-refractivity contribution in [1.29, 1.82) is 0 Å². The first-order valence-corrected chi connectivity index (χ1v) is 6.22. The molecule has 2 heterocycles. The lowest BCUT2D eigenvalue weighted by molar-refractivity contribution is 0.0835. The van der Waals surface area contributed by atoms with Gasteiger partial charge in [0.2, 0.25) is 0 Å². The number of aliphatic hydroxyl groups excluding tert-OH is 1. The zero-order valence-corrected chi connectivity index (χ0v) is 10.0. The van der Waals surface area contributed by atoms with E-state index in [1.807, 2.05) is 17.5 Å².